The van der Waals surface area contributed by atoms with E-state index in [1.807, 2.05) is 0 Å². The average molecular weight is 565 g/mol. The molecule has 0 amide bonds. The lowest BCUT2D eigenvalue weighted by Crippen LogP contribution is -2.14. The summed E-state index contributed by atoms with van der Waals surface area (Å²) in [5.41, 5.74) is 0.628. The zero-order valence-corrected chi connectivity index (χ0v) is 20.9. The van der Waals surface area contributed by atoms with Crippen LogP contribution in [0.4, 0.5) is 0 Å². The highest BCUT2D eigenvalue weighted by Gasteiger charge is 2.30. The number of fused-ring (bicyclic) bond motifs is 6. The van der Waals surface area contributed by atoms with E-state index in [1.54, 1.807) is 24.3 Å². The number of benzene rings is 2. The van der Waals surface area contributed by atoms with Crippen LogP contribution in [0.2, 0.25) is 0 Å². The number of pyridine rings is 3. The molecule has 0 saturated heterocycles. The highest BCUT2D eigenvalue weighted by atomic mass is 16.4. The maximum atomic E-state index is 10.9. The van der Waals surface area contributed by atoms with Crippen LogP contribution in [0, 0.1) is 0 Å². The average Bonchev–Trinajstić information content (AvgIpc) is 3.49. The molecule has 206 valence electrons. The van der Waals surface area contributed by atoms with Gasteiger partial charge in [-0.05, 0) is 35.8 Å². The largest absolute Gasteiger partial charge is 0.505 e. The Labute approximate surface area is 233 Å². The summed E-state index contributed by atoms with van der Waals surface area (Å²) in [6.45, 7) is 0. The first-order chi connectivity index (χ1) is 20.0. The fraction of sp³-hybridized carbons (Fsp3) is 0. The number of nitrogens with zero attached hydrogens (tertiary/aromatic N) is 5. The normalized spacial score (nSPS) is 11.8. The molecule has 0 unspecified atom stereocenters. The van der Waals surface area contributed by atoms with E-state index >= 15 is 0 Å². The molecule has 2 aromatic carbocycles. The van der Waals surface area contributed by atoms with E-state index in [2.05, 4.69) is 9.97 Å². The molecule has 15 heteroatoms. The second-order valence-corrected chi connectivity index (χ2v) is 9.39. The van der Waals surface area contributed by atoms with E-state index in [-0.39, 0.29) is 38.8 Å². The van der Waals surface area contributed by atoms with Crippen molar-refractivity contribution >= 4 is 57.4 Å². The van der Waals surface area contributed by atoms with Crippen LogP contribution in [0.15, 0.2) is 42.7 Å². The maximum Gasteiger partial charge on any atom is 0.208 e. The third kappa shape index (κ3) is 2.90. The minimum Gasteiger partial charge on any atom is -0.505 e. The van der Waals surface area contributed by atoms with Crippen molar-refractivity contribution in [2.24, 2.45) is 0 Å². The standard InChI is InChI=1S/C27H16BN5O9/c28-12-17(20(35)24(39)23(38)19(12)34)32-8-3-1-5-29-13(8)15-10(32)7-11-16(31-15)14-9(4-2-6-30-14)33(11)18-21(36)25(40)27(42)26(41)22(18)37/h1-7,34-42H. The molecule has 14 nitrogen and oxygen atoms in total. The summed E-state index contributed by atoms with van der Waals surface area (Å²) in [4.78, 5) is 13.6. The molecule has 0 saturated carbocycles. The zero-order valence-electron chi connectivity index (χ0n) is 20.9. The minimum atomic E-state index is -1.14. The summed E-state index contributed by atoms with van der Waals surface area (Å²) in [7, 11) is 6.11. The summed E-state index contributed by atoms with van der Waals surface area (Å²) < 4.78 is 2.56. The molecule has 7 rings (SSSR count). The first-order valence-electron chi connectivity index (χ1n) is 12.0. The number of hydrogen-bond donors (Lipinski definition) is 9. The van der Waals surface area contributed by atoms with Gasteiger partial charge in [0, 0.05) is 12.4 Å². The summed E-state index contributed by atoms with van der Waals surface area (Å²) in [5, 5.41) is 93.8. The second-order valence-electron chi connectivity index (χ2n) is 9.39. The van der Waals surface area contributed by atoms with Crippen molar-refractivity contribution in [3.8, 4) is 63.1 Å². The van der Waals surface area contributed by atoms with Crippen LogP contribution in [0.1, 0.15) is 0 Å². The summed E-state index contributed by atoms with van der Waals surface area (Å²) in [5.74, 6) is -9.10. The lowest BCUT2D eigenvalue weighted by atomic mass is 9.91. The minimum absolute atomic E-state index is 0.139. The summed E-state index contributed by atoms with van der Waals surface area (Å²) >= 11 is 0. The third-order valence-electron chi connectivity index (χ3n) is 7.17. The van der Waals surface area contributed by atoms with Gasteiger partial charge in [0.25, 0.3) is 0 Å². The molecule has 9 N–H and O–H groups in total. The Bertz CT molecular complexity index is 2110. The van der Waals surface area contributed by atoms with Crippen molar-refractivity contribution in [2.75, 3.05) is 0 Å². The van der Waals surface area contributed by atoms with Crippen LogP contribution in [-0.2, 0) is 0 Å². The summed E-state index contributed by atoms with van der Waals surface area (Å²) in [6.07, 6.45) is 2.97. The van der Waals surface area contributed by atoms with Crippen LogP contribution >= 0.6 is 0 Å². The molecule has 7 aromatic rings. The van der Waals surface area contributed by atoms with Crippen LogP contribution in [0.25, 0.3) is 55.5 Å². The molecule has 0 aliphatic rings. The van der Waals surface area contributed by atoms with Gasteiger partial charge in [0.2, 0.25) is 28.7 Å². The quantitative estimate of drug-likeness (QED) is 0.0835. The van der Waals surface area contributed by atoms with Gasteiger partial charge in [-0.1, -0.05) is 0 Å². The number of aromatic nitrogens is 5. The van der Waals surface area contributed by atoms with E-state index in [1.165, 1.54) is 27.6 Å². The van der Waals surface area contributed by atoms with Gasteiger partial charge in [0.05, 0.1) is 27.8 Å². The Morgan fingerprint density at radius 3 is 1.38 bits per heavy atom. The van der Waals surface area contributed by atoms with Gasteiger partial charge < -0.3 is 50.5 Å². The van der Waals surface area contributed by atoms with E-state index in [4.69, 9.17) is 12.8 Å². The predicted molar refractivity (Wildman–Crippen MR) is 149 cm³/mol. The second kappa shape index (κ2) is 8.14. The smallest absolute Gasteiger partial charge is 0.208 e. The van der Waals surface area contributed by atoms with Gasteiger partial charge in [-0.3, -0.25) is 14.5 Å². The molecule has 2 radical (unpaired) electrons. The van der Waals surface area contributed by atoms with Crippen molar-refractivity contribution in [2.45, 2.75) is 0 Å². The molecule has 42 heavy (non-hydrogen) atoms. The highest BCUT2D eigenvalue weighted by molar-refractivity contribution is 6.38. The Balaban J connectivity index is 1.73. The number of aromatic hydroxyl groups is 9. The molecular formula is C27H16BN5O9. The van der Waals surface area contributed by atoms with Crippen LogP contribution in [-0.4, -0.2) is 77.9 Å². The molecule has 0 aliphatic heterocycles. The van der Waals surface area contributed by atoms with E-state index in [0.29, 0.717) is 11.0 Å². The lowest BCUT2D eigenvalue weighted by Gasteiger charge is -2.17. The van der Waals surface area contributed by atoms with Crippen molar-refractivity contribution in [3.05, 3.63) is 42.7 Å². The number of rotatable bonds is 2. The van der Waals surface area contributed by atoms with Crippen molar-refractivity contribution in [1.29, 1.82) is 0 Å². The Kier molecular flexibility index (Phi) is 4.80. The van der Waals surface area contributed by atoms with Crippen LogP contribution in [0.3, 0.4) is 0 Å². The van der Waals surface area contributed by atoms with Gasteiger partial charge >= 0.3 is 0 Å². The highest BCUT2D eigenvalue weighted by Crippen LogP contribution is 2.54. The topological polar surface area (TPSA) is 231 Å². The molecule has 5 aromatic heterocycles. The molecule has 0 fully saturated rings. The van der Waals surface area contributed by atoms with Crippen LogP contribution < -0.4 is 5.46 Å². The Morgan fingerprint density at radius 2 is 0.881 bits per heavy atom. The first-order valence-corrected chi connectivity index (χ1v) is 12.0. The van der Waals surface area contributed by atoms with E-state index in [9.17, 15) is 46.0 Å². The monoisotopic (exact) mass is 565 g/mol. The molecule has 0 bridgehead atoms. The number of phenolic OH excluding ortho intramolecular Hbond substituents is 9. The SMILES string of the molecule is [B]c1c(O)c(O)c(O)c(O)c1-n1c2cccnc2c2nc3c4ncccc4n(-c4c(O)c(O)c(O)c(O)c4O)c3cc21. The molecule has 0 spiro atoms. The van der Waals surface area contributed by atoms with Gasteiger partial charge in [-0.15, -0.1) is 0 Å². The molecule has 0 atom stereocenters. The van der Waals surface area contributed by atoms with Crippen LogP contribution in [0.5, 0.6) is 51.7 Å². The zero-order chi connectivity index (χ0) is 29.8. The molecule has 5 heterocycles. The lowest BCUT2D eigenvalue weighted by molar-refractivity contribution is 0.327. The van der Waals surface area contributed by atoms with Gasteiger partial charge in [-0.25, -0.2) is 4.98 Å². The van der Waals surface area contributed by atoms with E-state index in [0.717, 1.165) is 0 Å². The third-order valence-corrected chi connectivity index (χ3v) is 7.17. The Hall–Kier alpha value is -6.25. The van der Waals surface area contributed by atoms with Gasteiger partial charge in [0.1, 0.15) is 35.6 Å². The van der Waals surface area contributed by atoms with Crippen molar-refractivity contribution < 1.29 is 46.0 Å². The molecule has 0 aliphatic carbocycles. The number of hydrogen-bond acceptors (Lipinski definition) is 12. The van der Waals surface area contributed by atoms with Gasteiger partial charge in [-0.2, -0.15) is 0 Å². The summed E-state index contributed by atoms with van der Waals surface area (Å²) in [6, 6.07) is 7.80. The fourth-order valence-electron chi connectivity index (χ4n) is 5.26. The maximum absolute atomic E-state index is 10.9. The fourth-order valence-corrected chi connectivity index (χ4v) is 5.26. The van der Waals surface area contributed by atoms with Crippen molar-refractivity contribution in [3.63, 3.8) is 0 Å². The molecular weight excluding hydrogens is 549 g/mol. The van der Waals surface area contributed by atoms with Gasteiger partial charge in [0.15, 0.2) is 23.0 Å². The number of phenols is 9. The predicted octanol–water partition coefficient (Wildman–Crippen LogP) is 2.21. The Morgan fingerprint density at radius 1 is 0.476 bits per heavy atom. The van der Waals surface area contributed by atoms with E-state index < -0.39 is 62.9 Å². The first kappa shape index (κ1) is 24.8. The van der Waals surface area contributed by atoms with Crippen molar-refractivity contribution in [1.82, 2.24) is 24.1 Å².